The van der Waals surface area contributed by atoms with Crippen LogP contribution < -0.4 is 10.6 Å². The maximum Gasteiger partial charge on any atom is 0.320 e. The van der Waals surface area contributed by atoms with E-state index in [0.717, 1.165) is 23.4 Å². The molecule has 7 nitrogen and oxygen atoms in total. The lowest BCUT2D eigenvalue weighted by atomic mass is 10.3. The Hall–Kier alpha value is -2.61. The second-order valence-corrected chi connectivity index (χ2v) is 5.92. The molecule has 0 aliphatic heterocycles. The van der Waals surface area contributed by atoms with Crippen LogP contribution in [0.1, 0.15) is 12.8 Å². The van der Waals surface area contributed by atoms with Crippen molar-refractivity contribution in [2.75, 3.05) is 5.32 Å². The molecule has 0 saturated heterocycles. The van der Waals surface area contributed by atoms with E-state index in [4.69, 9.17) is 0 Å². The summed E-state index contributed by atoms with van der Waals surface area (Å²) in [6, 6.07) is 3.58. The van der Waals surface area contributed by atoms with Crippen LogP contribution >= 0.6 is 11.3 Å². The number of rotatable bonds is 3. The van der Waals surface area contributed by atoms with Crippen molar-refractivity contribution >= 4 is 34.3 Å². The second-order valence-electron chi connectivity index (χ2n) is 5.03. The standard InChI is InChI=1S/C14H12N6OS/c21-14(17-8-1-2-8)20-12-4-3-9-13(19-12)18-10(5-16-9)11-6-15-7-22-11/h3-8H,1-2H2,(H2,17,18,19,20,21). The molecule has 110 valence electrons. The van der Waals surface area contributed by atoms with Gasteiger partial charge < -0.3 is 5.32 Å². The van der Waals surface area contributed by atoms with Crippen LogP contribution in [0.5, 0.6) is 0 Å². The minimum atomic E-state index is -0.235. The summed E-state index contributed by atoms with van der Waals surface area (Å²) in [7, 11) is 0. The highest BCUT2D eigenvalue weighted by molar-refractivity contribution is 7.13. The van der Waals surface area contributed by atoms with Crippen molar-refractivity contribution < 1.29 is 4.79 Å². The number of thiazole rings is 1. The Labute approximate surface area is 129 Å². The van der Waals surface area contributed by atoms with Crippen molar-refractivity contribution in [2.24, 2.45) is 0 Å². The molecule has 0 bridgehead atoms. The Morgan fingerprint density at radius 1 is 1.23 bits per heavy atom. The molecule has 2 amide bonds. The van der Waals surface area contributed by atoms with Gasteiger partial charge in [0.1, 0.15) is 17.0 Å². The van der Waals surface area contributed by atoms with Crippen LogP contribution in [0.15, 0.2) is 30.0 Å². The Kier molecular flexibility index (Phi) is 3.15. The topological polar surface area (TPSA) is 92.7 Å². The van der Waals surface area contributed by atoms with Gasteiger partial charge in [-0.05, 0) is 25.0 Å². The van der Waals surface area contributed by atoms with Crippen LogP contribution in [0.25, 0.3) is 21.7 Å². The summed E-state index contributed by atoms with van der Waals surface area (Å²) in [4.78, 5) is 29.9. The predicted octanol–water partition coefficient (Wildman–Crippen LogP) is 2.43. The largest absolute Gasteiger partial charge is 0.335 e. The number of carbonyl (C=O) groups is 1. The monoisotopic (exact) mass is 312 g/mol. The lowest BCUT2D eigenvalue weighted by Gasteiger charge is -2.06. The molecule has 1 aliphatic rings. The molecule has 2 N–H and O–H groups in total. The van der Waals surface area contributed by atoms with Gasteiger partial charge in [-0.25, -0.2) is 14.8 Å². The minimum Gasteiger partial charge on any atom is -0.335 e. The number of amides is 2. The van der Waals surface area contributed by atoms with Crippen LogP contribution in [-0.2, 0) is 0 Å². The quantitative estimate of drug-likeness (QED) is 0.775. The van der Waals surface area contributed by atoms with E-state index in [1.165, 1.54) is 11.3 Å². The zero-order valence-corrected chi connectivity index (χ0v) is 12.3. The van der Waals surface area contributed by atoms with Crippen molar-refractivity contribution in [3.05, 3.63) is 30.0 Å². The summed E-state index contributed by atoms with van der Waals surface area (Å²) < 4.78 is 0. The molecule has 0 unspecified atom stereocenters. The average molecular weight is 312 g/mol. The molecule has 8 heteroatoms. The Morgan fingerprint density at radius 3 is 2.91 bits per heavy atom. The number of pyridine rings is 1. The Bertz CT molecular complexity index is 830. The van der Waals surface area contributed by atoms with Crippen LogP contribution in [-0.4, -0.2) is 32.0 Å². The normalized spacial score (nSPS) is 14.0. The number of aromatic nitrogens is 4. The summed E-state index contributed by atoms with van der Waals surface area (Å²) in [5.41, 5.74) is 3.65. The predicted molar refractivity (Wildman–Crippen MR) is 83.6 cm³/mol. The maximum absolute atomic E-state index is 11.7. The number of carbonyl (C=O) groups excluding carboxylic acids is 1. The fourth-order valence-electron chi connectivity index (χ4n) is 1.99. The highest BCUT2D eigenvalue weighted by Crippen LogP contribution is 2.22. The summed E-state index contributed by atoms with van der Waals surface area (Å²) in [6.07, 6.45) is 5.53. The van der Waals surface area contributed by atoms with Crippen molar-refractivity contribution in [3.8, 4) is 10.6 Å². The third-order valence-electron chi connectivity index (χ3n) is 3.25. The fraction of sp³-hybridized carbons (Fsp3) is 0.214. The smallest absolute Gasteiger partial charge is 0.320 e. The van der Waals surface area contributed by atoms with Gasteiger partial charge in [0.25, 0.3) is 0 Å². The van der Waals surface area contributed by atoms with Gasteiger partial charge in [-0.15, -0.1) is 11.3 Å². The first kappa shape index (κ1) is 13.1. The van der Waals surface area contributed by atoms with Gasteiger partial charge in [0.15, 0.2) is 5.65 Å². The van der Waals surface area contributed by atoms with E-state index in [1.807, 2.05) is 0 Å². The van der Waals surface area contributed by atoms with E-state index < -0.39 is 0 Å². The summed E-state index contributed by atoms with van der Waals surface area (Å²) in [5.74, 6) is 0.460. The van der Waals surface area contributed by atoms with Crippen molar-refractivity contribution in [2.45, 2.75) is 18.9 Å². The van der Waals surface area contributed by atoms with E-state index in [9.17, 15) is 4.79 Å². The molecule has 1 aliphatic carbocycles. The first-order valence-corrected chi connectivity index (χ1v) is 7.76. The molecule has 1 fully saturated rings. The SMILES string of the molecule is O=C(Nc1ccc2ncc(-c3cncs3)nc2n1)NC1CC1. The first-order valence-electron chi connectivity index (χ1n) is 6.88. The zero-order valence-electron chi connectivity index (χ0n) is 11.5. The van der Waals surface area contributed by atoms with Crippen LogP contribution in [0.3, 0.4) is 0 Å². The van der Waals surface area contributed by atoms with Crippen molar-refractivity contribution in [3.63, 3.8) is 0 Å². The molecule has 3 heterocycles. The van der Waals surface area contributed by atoms with Gasteiger partial charge in [-0.2, -0.15) is 0 Å². The third-order valence-corrected chi connectivity index (χ3v) is 4.04. The minimum absolute atomic E-state index is 0.235. The van der Waals surface area contributed by atoms with Crippen molar-refractivity contribution in [1.29, 1.82) is 0 Å². The number of nitrogens with one attached hydrogen (secondary N) is 2. The number of urea groups is 1. The van der Waals surface area contributed by atoms with E-state index in [-0.39, 0.29) is 6.03 Å². The Balaban J connectivity index is 1.62. The molecule has 4 rings (SSSR count). The number of fused-ring (bicyclic) bond motifs is 1. The van der Waals surface area contributed by atoms with Crippen LogP contribution in [0.2, 0.25) is 0 Å². The average Bonchev–Trinajstić information content (AvgIpc) is 3.16. The molecule has 3 aromatic heterocycles. The summed E-state index contributed by atoms with van der Waals surface area (Å²) >= 11 is 1.49. The fourth-order valence-corrected chi connectivity index (χ4v) is 2.57. The second kappa shape index (κ2) is 5.30. The highest BCUT2D eigenvalue weighted by Gasteiger charge is 2.23. The first-order chi connectivity index (χ1) is 10.8. The molecule has 3 aromatic rings. The Morgan fingerprint density at radius 2 is 2.14 bits per heavy atom. The molecular formula is C14H12N6OS. The number of nitrogens with zero attached hydrogens (tertiary/aromatic N) is 4. The van der Waals surface area contributed by atoms with Gasteiger partial charge >= 0.3 is 6.03 Å². The number of hydrogen-bond acceptors (Lipinski definition) is 6. The lowest BCUT2D eigenvalue weighted by Crippen LogP contribution is -2.30. The van der Waals surface area contributed by atoms with Crippen LogP contribution in [0, 0.1) is 0 Å². The molecular weight excluding hydrogens is 300 g/mol. The maximum atomic E-state index is 11.7. The van der Waals surface area contributed by atoms with E-state index >= 15 is 0 Å². The van der Waals surface area contributed by atoms with E-state index in [1.54, 1.807) is 30.0 Å². The number of hydrogen-bond donors (Lipinski definition) is 2. The van der Waals surface area contributed by atoms with E-state index in [2.05, 4.69) is 30.6 Å². The number of anilines is 1. The molecule has 1 saturated carbocycles. The van der Waals surface area contributed by atoms with Gasteiger partial charge in [0, 0.05) is 12.2 Å². The van der Waals surface area contributed by atoms with Gasteiger partial charge in [0.2, 0.25) is 0 Å². The molecule has 0 spiro atoms. The zero-order chi connectivity index (χ0) is 14.9. The molecule has 0 atom stereocenters. The molecule has 0 aromatic carbocycles. The summed E-state index contributed by atoms with van der Waals surface area (Å²) in [5, 5.41) is 5.57. The summed E-state index contributed by atoms with van der Waals surface area (Å²) in [6.45, 7) is 0. The molecule has 22 heavy (non-hydrogen) atoms. The van der Waals surface area contributed by atoms with Gasteiger partial charge in [0.05, 0.1) is 16.6 Å². The molecule has 0 radical (unpaired) electrons. The van der Waals surface area contributed by atoms with Gasteiger partial charge in [-0.3, -0.25) is 15.3 Å². The van der Waals surface area contributed by atoms with E-state index in [0.29, 0.717) is 23.0 Å². The highest BCUT2D eigenvalue weighted by atomic mass is 32.1. The third kappa shape index (κ3) is 2.73. The van der Waals surface area contributed by atoms with Crippen molar-refractivity contribution in [1.82, 2.24) is 25.3 Å². The van der Waals surface area contributed by atoms with Crippen LogP contribution in [0.4, 0.5) is 10.6 Å². The van der Waals surface area contributed by atoms with Gasteiger partial charge in [-0.1, -0.05) is 0 Å². The lowest BCUT2D eigenvalue weighted by molar-refractivity contribution is 0.251.